The first-order chi connectivity index (χ1) is 10.8. The van der Waals surface area contributed by atoms with Crippen molar-refractivity contribution >= 4 is 34.6 Å². The van der Waals surface area contributed by atoms with Crippen LogP contribution in [0.3, 0.4) is 0 Å². The Morgan fingerprint density at radius 1 is 1.18 bits per heavy atom. The highest BCUT2D eigenvalue weighted by molar-refractivity contribution is 7.09. The van der Waals surface area contributed by atoms with E-state index in [1.807, 2.05) is 41.1 Å². The topological polar surface area (TPSA) is 66.9 Å². The van der Waals surface area contributed by atoms with E-state index in [2.05, 4.69) is 26.3 Å². The van der Waals surface area contributed by atoms with Gasteiger partial charge >= 0.3 is 6.03 Å². The number of carbonyl (C=O) groups is 1. The van der Waals surface area contributed by atoms with Crippen molar-refractivity contribution < 1.29 is 4.79 Å². The number of aromatic nitrogens is 2. The number of nitrogens with one attached hydrogen (secondary N) is 2. The number of amides is 2. The molecule has 0 atom stereocenters. The number of anilines is 1. The second-order valence-electron chi connectivity index (χ2n) is 4.58. The van der Waals surface area contributed by atoms with E-state index in [-0.39, 0.29) is 6.03 Å². The van der Waals surface area contributed by atoms with Crippen LogP contribution in [0.25, 0.3) is 11.3 Å². The summed E-state index contributed by atoms with van der Waals surface area (Å²) >= 11 is 3.01. The fraction of sp³-hybridized carbons (Fsp3) is 0.133. The summed E-state index contributed by atoms with van der Waals surface area (Å²) in [5, 5.41) is 13.6. The van der Waals surface area contributed by atoms with E-state index in [9.17, 15) is 4.79 Å². The van der Waals surface area contributed by atoms with Crippen molar-refractivity contribution in [3.8, 4) is 11.3 Å². The molecule has 0 radical (unpaired) electrons. The lowest BCUT2D eigenvalue weighted by atomic mass is 10.1. The molecule has 112 valence electrons. The van der Waals surface area contributed by atoms with Gasteiger partial charge in [0.1, 0.15) is 5.69 Å². The van der Waals surface area contributed by atoms with Crippen LogP contribution >= 0.6 is 22.9 Å². The van der Waals surface area contributed by atoms with Crippen LogP contribution in [0, 0.1) is 0 Å². The Morgan fingerprint density at radius 3 is 2.73 bits per heavy atom. The number of rotatable bonds is 5. The SMILES string of the molecule is O=C(NCCc1cccs1)Nc1ccc(-c2csnn2)cc1. The Labute approximate surface area is 136 Å². The number of hydrogen-bond acceptors (Lipinski definition) is 5. The van der Waals surface area contributed by atoms with Crippen molar-refractivity contribution in [2.75, 3.05) is 11.9 Å². The number of urea groups is 1. The Balaban J connectivity index is 1.49. The first-order valence-electron chi connectivity index (χ1n) is 6.76. The molecule has 3 rings (SSSR count). The molecular weight excluding hydrogens is 316 g/mol. The van der Waals surface area contributed by atoms with Gasteiger partial charge in [-0.2, -0.15) is 0 Å². The smallest absolute Gasteiger partial charge is 0.319 e. The van der Waals surface area contributed by atoms with Crippen molar-refractivity contribution in [1.82, 2.24) is 14.9 Å². The van der Waals surface area contributed by atoms with E-state index >= 15 is 0 Å². The van der Waals surface area contributed by atoms with E-state index in [0.29, 0.717) is 6.54 Å². The Morgan fingerprint density at radius 2 is 2.05 bits per heavy atom. The van der Waals surface area contributed by atoms with Crippen LogP contribution in [0.2, 0.25) is 0 Å². The minimum atomic E-state index is -0.195. The van der Waals surface area contributed by atoms with E-state index in [1.165, 1.54) is 16.4 Å². The number of nitrogens with zero attached hydrogens (tertiary/aromatic N) is 2. The summed E-state index contributed by atoms with van der Waals surface area (Å²) in [6.45, 7) is 0.620. The third kappa shape index (κ3) is 3.90. The summed E-state index contributed by atoms with van der Waals surface area (Å²) in [5.74, 6) is 0. The molecule has 0 unspecified atom stereocenters. The summed E-state index contributed by atoms with van der Waals surface area (Å²) in [4.78, 5) is 13.1. The van der Waals surface area contributed by atoms with E-state index in [1.54, 1.807) is 11.3 Å². The Kier molecular flexibility index (Phi) is 4.77. The summed E-state index contributed by atoms with van der Waals surface area (Å²) in [6.07, 6.45) is 0.848. The predicted octanol–water partition coefficient (Wildman–Crippen LogP) is 3.63. The molecule has 0 aliphatic rings. The van der Waals surface area contributed by atoms with Crippen LogP contribution < -0.4 is 10.6 Å². The summed E-state index contributed by atoms with van der Waals surface area (Å²) < 4.78 is 3.84. The third-order valence-corrected chi connectivity index (χ3v) is 4.48. The first kappa shape index (κ1) is 14.7. The van der Waals surface area contributed by atoms with E-state index in [4.69, 9.17) is 0 Å². The zero-order chi connectivity index (χ0) is 15.2. The van der Waals surface area contributed by atoms with E-state index in [0.717, 1.165) is 23.4 Å². The van der Waals surface area contributed by atoms with Crippen molar-refractivity contribution in [3.05, 3.63) is 52.0 Å². The lowest BCUT2D eigenvalue weighted by Gasteiger charge is -2.07. The fourth-order valence-corrected chi connectivity index (χ4v) is 3.12. The van der Waals surface area contributed by atoms with Crippen molar-refractivity contribution in [2.24, 2.45) is 0 Å². The second kappa shape index (κ2) is 7.15. The summed E-state index contributed by atoms with van der Waals surface area (Å²) in [7, 11) is 0. The number of thiophene rings is 1. The van der Waals surface area contributed by atoms with Crippen molar-refractivity contribution in [2.45, 2.75) is 6.42 Å². The maximum atomic E-state index is 11.8. The maximum Gasteiger partial charge on any atom is 0.319 e. The summed E-state index contributed by atoms with van der Waals surface area (Å²) in [5.41, 5.74) is 2.58. The molecule has 3 aromatic rings. The molecule has 2 N–H and O–H groups in total. The molecule has 0 fully saturated rings. The van der Waals surface area contributed by atoms with Crippen molar-refractivity contribution in [3.63, 3.8) is 0 Å². The van der Waals surface area contributed by atoms with Crippen molar-refractivity contribution in [1.29, 1.82) is 0 Å². The molecule has 0 bridgehead atoms. The number of benzene rings is 1. The van der Waals surface area contributed by atoms with Gasteiger partial charge in [-0.05, 0) is 41.5 Å². The first-order valence-corrected chi connectivity index (χ1v) is 8.47. The largest absolute Gasteiger partial charge is 0.338 e. The van der Waals surface area contributed by atoms with Gasteiger partial charge in [0.05, 0.1) is 0 Å². The highest BCUT2D eigenvalue weighted by Gasteiger charge is 2.04. The molecule has 1 aromatic carbocycles. The lowest BCUT2D eigenvalue weighted by molar-refractivity contribution is 0.252. The van der Waals surface area contributed by atoms with Crippen LogP contribution in [0.5, 0.6) is 0 Å². The van der Waals surface area contributed by atoms with Crippen LogP contribution in [0.4, 0.5) is 10.5 Å². The van der Waals surface area contributed by atoms with Gasteiger partial charge in [0, 0.05) is 28.1 Å². The Hall–Kier alpha value is -2.25. The number of carbonyl (C=O) groups excluding carboxylic acids is 1. The molecule has 2 heterocycles. The minimum Gasteiger partial charge on any atom is -0.338 e. The molecule has 2 aromatic heterocycles. The Bertz CT molecular complexity index is 709. The third-order valence-electron chi connectivity index (χ3n) is 3.04. The quantitative estimate of drug-likeness (QED) is 0.750. The number of hydrogen-bond donors (Lipinski definition) is 2. The minimum absolute atomic E-state index is 0.195. The second-order valence-corrected chi connectivity index (χ2v) is 6.22. The zero-order valence-corrected chi connectivity index (χ0v) is 13.3. The average molecular weight is 330 g/mol. The predicted molar refractivity (Wildman–Crippen MR) is 90.4 cm³/mol. The molecule has 22 heavy (non-hydrogen) atoms. The monoisotopic (exact) mass is 330 g/mol. The molecule has 5 nitrogen and oxygen atoms in total. The highest BCUT2D eigenvalue weighted by atomic mass is 32.1. The van der Waals surface area contributed by atoms with Gasteiger partial charge in [-0.15, -0.1) is 16.4 Å². The molecule has 0 saturated carbocycles. The van der Waals surface area contributed by atoms with Gasteiger partial charge in [0.15, 0.2) is 0 Å². The van der Waals surface area contributed by atoms with Gasteiger partial charge in [0.2, 0.25) is 0 Å². The van der Waals surface area contributed by atoms with Gasteiger partial charge < -0.3 is 10.6 Å². The molecule has 2 amide bonds. The molecule has 0 aliphatic heterocycles. The van der Waals surface area contributed by atoms with Crippen LogP contribution in [0.15, 0.2) is 47.2 Å². The van der Waals surface area contributed by atoms with E-state index < -0.39 is 0 Å². The van der Waals surface area contributed by atoms with Gasteiger partial charge in [-0.25, -0.2) is 4.79 Å². The van der Waals surface area contributed by atoms with Gasteiger partial charge in [-0.3, -0.25) is 0 Å². The zero-order valence-electron chi connectivity index (χ0n) is 11.7. The standard InChI is InChI=1S/C15H14N4OS2/c20-15(16-8-7-13-2-1-9-21-13)17-12-5-3-11(4-6-12)14-10-22-19-18-14/h1-6,9-10H,7-8H2,(H2,16,17,20). The lowest BCUT2D eigenvalue weighted by Crippen LogP contribution is -2.30. The van der Waals surface area contributed by atoms with Crippen LogP contribution in [-0.2, 0) is 6.42 Å². The van der Waals surface area contributed by atoms with Gasteiger partial charge in [0.25, 0.3) is 0 Å². The summed E-state index contributed by atoms with van der Waals surface area (Å²) in [6, 6.07) is 11.4. The molecule has 0 spiro atoms. The normalized spacial score (nSPS) is 10.4. The molecule has 0 saturated heterocycles. The molecule has 0 aliphatic carbocycles. The molecule has 7 heteroatoms. The molecular formula is C15H14N4OS2. The average Bonchev–Trinajstić information content (AvgIpc) is 3.21. The van der Waals surface area contributed by atoms with Crippen LogP contribution in [-0.4, -0.2) is 22.2 Å². The van der Waals surface area contributed by atoms with Gasteiger partial charge in [-0.1, -0.05) is 22.7 Å². The highest BCUT2D eigenvalue weighted by Crippen LogP contribution is 2.19. The fourth-order valence-electron chi connectivity index (χ4n) is 1.94. The van der Waals surface area contributed by atoms with Crippen LogP contribution in [0.1, 0.15) is 4.88 Å². The maximum absolute atomic E-state index is 11.8.